The molecule has 2 aromatic carbocycles. The van der Waals surface area contributed by atoms with Crippen molar-refractivity contribution in [1.29, 1.82) is 0 Å². The summed E-state index contributed by atoms with van der Waals surface area (Å²) in [6.45, 7) is 0. The second-order valence-electron chi connectivity index (χ2n) is 4.17. The van der Waals surface area contributed by atoms with Gasteiger partial charge in [-0.25, -0.2) is 0 Å². The van der Waals surface area contributed by atoms with Crippen molar-refractivity contribution in [1.82, 2.24) is 0 Å². The normalized spacial score (nSPS) is 10.5. The van der Waals surface area contributed by atoms with Gasteiger partial charge in [-0.3, -0.25) is 4.79 Å². The van der Waals surface area contributed by atoms with Gasteiger partial charge in [0.05, 0.1) is 19.8 Å². The smallest absolute Gasteiger partial charge is 0.189 e. The van der Waals surface area contributed by atoms with Gasteiger partial charge < -0.3 is 9.47 Å². The summed E-state index contributed by atoms with van der Waals surface area (Å²) < 4.78 is 10.3. The number of rotatable bonds is 5. The van der Waals surface area contributed by atoms with Crippen molar-refractivity contribution in [3.05, 3.63) is 65.7 Å². The number of benzene rings is 2. The summed E-state index contributed by atoms with van der Waals surface area (Å²) in [5, 5.41) is 0. The van der Waals surface area contributed by atoms with Crippen LogP contribution in [0.15, 0.2) is 54.6 Å². The summed E-state index contributed by atoms with van der Waals surface area (Å²) in [5.41, 5.74) is 1.49. The fourth-order valence-electron chi connectivity index (χ4n) is 1.83. The van der Waals surface area contributed by atoms with E-state index < -0.39 is 0 Å². The third-order valence-electron chi connectivity index (χ3n) is 2.90. The fourth-order valence-corrected chi connectivity index (χ4v) is 1.83. The van der Waals surface area contributed by atoms with Gasteiger partial charge >= 0.3 is 0 Å². The maximum atomic E-state index is 12.2. The van der Waals surface area contributed by atoms with E-state index >= 15 is 0 Å². The van der Waals surface area contributed by atoms with Gasteiger partial charge in [0.15, 0.2) is 5.78 Å². The molecule has 102 valence electrons. The Kier molecular flexibility index (Phi) is 4.56. The molecular weight excluding hydrogens is 252 g/mol. The Labute approximate surface area is 118 Å². The molecule has 0 atom stereocenters. The van der Waals surface area contributed by atoms with Crippen LogP contribution in [0.2, 0.25) is 0 Å². The Morgan fingerprint density at radius 1 is 1.00 bits per heavy atom. The predicted molar refractivity (Wildman–Crippen MR) is 79.4 cm³/mol. The first kappa shape index (κ1) is 13.9. The van der Waals surface area contributed by atoms with Crippen molar-refractivity contribution < 1.29 is 14.3 Å². The third kappa shape index (κ3) is 3.26. The van der Waals surface area contributed by atoms with E-state index in [0.717, 1.165) is 5.56 Å². The SMILES string of the molecule is COc1ccc(C(=O)C=Cc2ccccc2)c(OC)c1. The minimum Gasteiger partial charge on any atom is -0.497 e. The second-order valence-corrected chi connectivity index (χ2v) is 4.17. The Balaban J connectivity index is 2.23. The van der Waals surface area contributed by atoms with E-state index in [1.807, 2.05) is 30.3 Å². The van der Waals surface area contributed by atoms with Gasteiger partial charge in [-0.2, -0.15) is 0 Å². The molecule has 20 heavy (non-hydrogen) atoms. The van der Waals surface area contributed by atoms with Gasteiger partial charge in [0.1, 0.15) is 11.5 Å². The van der Waals surface area contributed by atoms with E-state index in [-0.39, 0.29) is 5.78 Å². The van der Waals surface area contributed by atoms with Crippen LogP contribution in [0.3, 0.4) is 0 Å². The van der Waals surface area contributed by atoms with Crippen molar-refractivity contribution in [2.24, 2.45) is 0 Å². The van der Waals surface area contributed by atoms with Crippen molar-refractivity contribution >= 4 is 11.9 Å². The summed E-state index contributed by atoms with van der Waals surface area (Å²) >= 11 is 0. The van der Waals surface area contributed by atoms with E-state index in [2.05, 4.69) is 0 Å². The lowest BCUT2D eigenvalue weighted by atomic mass is 10.1. The van der Waals surface area contributed by atoms with Crippen LogP contribution in [-0.4, -0.2) is 20.0 Å². The van der Waals surface area contributed by atoms with Crippen LogP contribution in [0, 0.1) is 0 Å². The predicted octanol–water partition coefficient (Wildman–Crippen LogP) is 3.60. The maximum absolute atomic E-state index is 12.2. The molecule has 0 heterocycles. The average molecular weight is 268 g/mol. The largest absolute Gasteiger partial charge is 0.497 e. The van der Waals surface area contributed by atoms with Gasteiger partial charge in [0, 0.05) is 6.07 Å². The Hall–Kier alpha value is -2.55. The summed E-state index contributed by atoms with van der Waals surface area (Å²) in [6.07, 6.45) is 3.33. The van der Waals surface area contributed by atoms with E-state index in [1.165, 1.54) is 7.11 Å². The number of hydrogen-bond donors (Lipinski definition) is 0. The molecule has 2 aromatic rings. The van der Waals surface area contributed by atoms with Crippen molar-refractivity contribution in [2.75, 3.05) is 14.2 Å². The highest BCUT2D eigenvalue weighted by molar-refractivity contribution is 6.08. The van der Waals surface area contributed by atoms with Crippen molar-refractivity contribution in [3.8, 4) is 11.5 Å². The minimum atomic E-state index is -0.103. The van der Waals surface area contributed by atoms with Gasteiger partial charge in [-0.05, 0) is 23.8 Å². The van der Waals surface area contributed by atoms with E-state index in [1.54, 1.807) is 37.5 Å². The Morgan fingerprint density at radius 2 is 1.75 bits per heavy atom. The molecule has 0 aliphatic rings. The number of methoxy groups -OCH3 is 2. The quantitative estimate of drug-likeness (QED) is 0.614. The lowest BCUT2D eigenvalue weighted by molar-refractivity contribution is 0.104. The molecule has 0 aromatic heterocycles. The van der Waals surface area contributed by atoms with E-state index in [9.17, 15) is 4.79 Å². The first-order valence-electron chi connectivity index (χ1n) is 6.24. The molecule has 0 radical (unpaired) electrons. The summed E-state index contributed by atoms with van der Waals surface area (Å²) in [4.78, 5) is 12.2. The molecule has 0 amide bonds. The Morgan fingerprint density at radius 3 is 2.40 bits per heavy atom. The summed E-state index contributed by atoms with van der Waals surface area (Å²) in [6, 6.07) is 14.8. The molecule has 0 fully saturated rings. The van der Waals surface area contributed by atoms with Crippen LogP contribution < -0.4 is 9.47 Å². The second kappa shape index (κ2) is 6.57. The van der Waals surface area contributed by atoms with Crippen molar-refractivity contribution in [3.63, 3.8) is 0 Å². The molecule has 3 heteroatoms. The zero-order valence-electron chi connectivity index (χ0n) is 11.5. The molecule has 0 aliphatic heterocycles. The molecule has 0 spiro atoms. The highest BCUT2D eigenvalue weighted by Gasteiger charge is 2.10. The number of carbonyl (C=O) groups is 1. The number of allylic oxidation sites excluding steroid dienone is 1. The highest BCUT2D eigenvalue weighted by Crippen LogP contribution is 2.25. The van der Waals surface area contributed by atoms with Crippen LogP contribution in [-0.2, 0) is 0 Å². The van der Waals surface area contributed by atoms with Crippen LogP contribution in [0.25, 0.3) is 6.08 Å². The van der Waals surface area contributed by atoms with Gasteiger partial charge in [0.25, 0.3) is 0 Å². The summed E-state index contributed by atoms with van der Waals surface area (Å²) in [7, 11) is 3.11. The molecule has 0 saturated heterocycles. The molecule has 0 aliphatic carbocycles. The van der Waals surface area contributed by atoms with E-state index in [4.69, 9.17) is 9.47 Å². The van der Waals surface area contributed by atoms with Gasteiger partial charge in [-0.15, -0.1) is 0 Å². The topological polar surface area (TPSA) is 35.5 Å². The Bertz CT molecular complexity index is 615. The fraction of sp³-hybridized carbons (Fsp3) is 0.118. The number of hydrogen-bond acceptors (Lipinski definition) is 3. The molecular formula is C17H16O3. The first-order chi connectivity index (χ1) is 9.74. The maximum Gasteiger partial charge on any atom is 0.189 e. The summed E-state index contributed by atoms with van der Waals surface area (Å²) in [5.74, 6) is 1.06. The van der Waals surface area contributed by atoms with Crippen LogP contribution in [0.1, 0.15) is 15.9 Å². The third-order valence-corrected chi connectivity index (χ3v) is 2.90. The molecule has 0 saturated carbocycles. The molecule has 0 unspecified atom stereocenters. The van der Waals surface area contributed by atoms with Gasteiger partial charge in [-0.1, -0.05) is 36.4 Å². The number of ether oxygens (including phenoxy) is 2. The van der Waals surface area contributed by atoms with Gasteiger partial charge in [0.2, 0.25) is 0 Å². The zero-order valence-corrected chi connectivity index (χ0v) is 11.5. The van der Waals surface area contributed by atoms with E-state index in [0.29, 0.717) is 17.1 Å². The number of ketones is 1. The minimum absolute atomic E-state index is 0.103. The lowest BCUT2D eigenvalue weighted by Gasteiger charge is -2.07. The monoisotopic (exact) mass is 268 g/mol. The zero-order chi connectivity index (χ0) is 14.4. The van der Waals surface area contributed by atoms with Crippen molar-refractivity contribution in [2.45, 2.75) is 0 Å². The molecule has 3 nitrogen and oxygen atoms in total. The average Bonchev–Trinajstić information content (AvgIpc) is 2.52. The standard InChI is InChI=1S/C17H16O3/c1-19-14-9-10-15(17(12-14)20-2)16(18)11-8-13-6-4-3-5-7-13/h3-12H,1-2H3. The van der Waals surface area contributed by atoms with Crippen LogP contribution >= 0.6 is 0 Å². The van der Waals surface area contributed by atoms with Crippen LogP contribution in [0.4, 0.5) is 0 Å². The number of carbonyl (C=O) groups excluding carboxylic acids is 1. The molecule has 2 rings (SSSR count). The molecule has 0 bridgehead atoms. The van der Waals surface area contributed by atoms with Crippen LogP contribution in [0.5, 0.6) is 11.5 Å². The molecule has 0 N–H and O–H groups in total. The first-order valence-corrected chi connectivity index (χ1v) is 6.24. The highest BCUT2D eigenvalue weighted by atomic mass is 16.5. The lowest BCUT2D eigenvalue weighted by Crippen LogP contribution is -1.99.